The first-order valence-electron chi connectivity index (χ1n) is 9.10. The van der Waals surface area contributed by atoms with Crippen molar-refractivity contribution in [1.29, 1.82) is 0 Å². The van der Waals surface area contributed by atoms with Gasteiger partial charge in [-0.3, -0.25) is 14.2 Å². The number of halogens is 1. The van der Waals surface area contributed by atoms with Crippen LogP contribution in [0.4, 0.5) is 5.69 Å². The molecular formula is C20H20ClN3O5S. The van der Waals surface area contributed by atoms with E-state index in [1.165, 1.54) is 18.0 Å². The average Bonchev–Trinajstić information content (AvgIpc) is 3.05. The topological polar surface area (TPSA) is 99.5 Å². The summed E-state index contributed by atoms with van der Waals surface area (Å²) in [6, 6.07) is 3.99. The number of esters is 1. The lowest BCUT2D eigenvalue weighted by atomic mass is 10.2. The van der Waals surface area contributed by atoms with E-state index in [1.54, 1.807) is 39.0 Å². The number of fused-ring (bicyclic) bond motifs is 1. The van der Waals surface area contributed by atoms with Crippen molar-refractivity contribution < 1.29 is 19.1 Å². The number of aromatic nitrogens is 2. The number of benzene rings is 1. The lowest BCUT2D eigenvalue weighted by molar-refractivity contribution is -0.118. The minimum atomic E-state index is -0.847. The number of ether oxygens (including phenoxy) is 2. The lowest BCUT2D eigenvalue weighted by Gasteiger charge is -2.15. The molecule has 0 fully saturated rings. The molecule has 3 aromatic rings. The molecule has 0 saturated heterocycles. The van der Waals surface area contributed by atoms with Crippen LogP contribution in [0.5, 0.6) is 5.75 Å². The van der Waals surface area contributed by atoms with Crippen molar-refractivity contribution in [1.82, 2.24) is 9.55 Å². The van der Waals surface area contributed by atoms with Gasteiger partial charge in [0.25, 0.3) is 5.56 Å². The second-order valence-electron chi connectivity index (χ2n) is 6.43. The van der Waals surface area contributed by atoms with Gasteiger partial charge in [0.1, 0.15) is 21.5 Å². The van der Waals surface area contributed by atoms with Crippen LogP contribution in [0.25, 0.3) is 10.2 Å². The van der Waals surface area contributed by atoms with E-state index in [0.29, 0.717) is 37.1 Å². The predicted octanol–water partition coefficient (Wildman–Crippen LogP) is 3.80. The van der Waals surface area contributed by atoms with Crippen molar-refractivity contribution in [2.24, 2.45) is 0 Å². The number of anilines is 1. The number of carbonyl (C=O) groups is 2. The molecular weight excluding hydrogens is 430 g/mol. The number of hydrogen-bond donors (Lipinski definition) is 1. The van der Waals surface area contributed by atoms with Gasteiger partial charge in [0.15, 0.2) is 0 Å². The highest BCUT2D eigenvalue weighted by Gasteiger charge is 2.23. The molecule has 3 rings (SSSR count). The molecule has 8 nitrogen and oxygen atoms in total. The Morgan fingerprint density at radius 1 is 1.37 bits per heavy atom. The van der Waals surface area contributed by atoms with Gasteiger partial charge in [-0.1, -0.05) is 11.6 Å². The number of carbonyl (C=O) groups excluding carboxylic acids is 2. The Morgan fingerprint density at radius 3 is 2.73 bits per heavy atom. The highest BCUT2D eigenvalue weighted by atomic mass is 35.5. The minimum Gasteiger partial charge on any atom is -0.495 e. The number of rotatable bonds is 6. The van der Waals surface area contributed by atoms with E-state index in [-0.39, 0.29) is 6.61 Å². The van der Waals surface area contributed by atoms with E-state index in [1.807, 2.05) is 0 Å². The average molecular weight is 450 g/mol. The Bertz CT molecular complexity index is 1190. The summed E-state index contributed by atoms with van der Waals surface area (Å²) in [5.74, 6) is -0.428. The van der Waals surface area contributed by atoms with Crippen LogP contribution in [-0.4, -0.2) is 35.1 Å². The second kappa shape index (κ2) is 8.85. The van der Waals surface area contributed by atoms with Gasteiger partial charge in [-0.2, -0.15) is 0 Å². The number of hydrogen-bond acceptors (Lipinski definition) is 7. The maximum Gasteiger partial charge on any atom is 0.348 e. The van der Waals surface area contributed by atoms with Gasteiger partial charge in [-0.25, -0.2) is 9.78 Å². The van der Waals surface area contributed by atoms with Crippen molar-refractivity contribution in [3.05, 3.63) is 50.3 Å². The Balaban J connectivity index is 1.92. The molecule has 0 spiro atoms. The molecule has 1 aromatic carbocycles. The van der Waals surface area contributed by atoms with Crippen molar-refractivity contribution in [2.75, 3.05) is 19.0 Å². The van der Waals surface area contributed by atoms with Gasteiger partial charge in [0.2, 0.25) is 5.91 Å². The normalized spacial score (nSPS) is 11.9. The molecule has 1 atom stereocenters. The standard InChI is InChI=1S/C20H20ClN3O5S/c1-5-29-20(27)16-10(2)15-18(30-16)22-9-24(19(15)26)11(3)17(25)23-12-6-7-14(28-4)13(21)8-12/h6-9,11H,5H2,1-4H3,(H,23,25). The molecule has 0 aliphatic heterocycles. The molecule has 30 heavy (non-hydrogen) atoms. The molecule has 2 aromatic heterocycles. The third-order valence-corrected chi connectivity index (χ3v) is 6.03. The first-order valence-corrected chi connectivity index (χ1v) is 10.3. The van der Waals surface area contributed by atoms with Crippen LogP contribution in [0.3, 0.4) is 0 Å². The molecule has 1 N–H and O–H groups in total. The molecule has 0 saturated carbocycles. The fraction of sp³-hybridized carbons (Fsp3) is 0.300. The van der Waals surface area contributed by atoms with Gasteiger partial charge < -0.3 is 14.8 Å². The van der Waals surface area contributed by atoms with E-state index in [2.05, 4.69) is 10.3 Å². The summed E-state index contributed by atoms with van der Waals surface area (Å²) in [5, 5.41) is 3.38. The zero-order valence-corrected chi connectivity index (χ0v) is 18.4. The van der Waals surface area contributed by atoms with Crippen molar-refractivity contribution in [3.63, 3.8) is 0 Å². The molecule has 0 aliphatic rings. The number of aryl methyl sites for hydroxylation is 1. The zero-order chi connectivity index (χ0) is 22.0. The molecule has 10 heteroatoms. The summed E-state index contributed by atoms with van der Waals surface area (Å²) in [6.07, 6.45) is 1.31. The van der Waals surface area contributed by atoms with Crippen LogP contribution in [0.1, 0.15) is 35.1 Å². The minimum absolute atomic E-state index is 0.233. The number of methoxy groups -OCH3 is 1. The Kier molecular flexibility index (Phi) is 6.42. The highest BCUT2D eigenvalue weighted by molar-refractivity contribution is 7.20. The van der Waals surface area contributed by atoms with Crippen molar-refractivity contribution >= 4 is 50.7 Å². The molecule has 1 unspecified atom stereocenters. The fourth-order valence-corrected chi connectivity index (χ4v) is 4.21. The number of amides is 1. The van der Waals surface area contributed by atoms with E-state index in [9.17, 15) is 14.4 Å². The van der Waals surface area contributed by atoms with E-state index < -0.39 is 23.5 Å². The molecule has 158 valence electrons. The van der Waals surface area contributed by atoms with E-state index >= 15 is 0 Å². The monoisotopic (exact) mass is 449 g/mol. The van der Waals surface area contributed by atoms with Gasteiger partial charge in [-0.15, -0.1) is 11.3 Å². The maximum atomic E-state index is 13.0. The SMILES string of the molecule is CCOC(=O)c1sc2ncn(C(C)C(=O)Nc3ccc(OC)c(Cl)c3)c(=O)c2c1C. The van der Waals surface area contributed by atoms with Crippen molar-refractivity contribution in [3.8, 4) is 5.75 Å². The first kappa shape index (κ1) is 21.8. The van der Waals surface area contributed by atoms with Crippen LogP contribution in [0.2, 0.25) is 5.02 Å². The smallest absolute Gasteiger partial charge is 0.348 e. The molecule has 0 aliphatic carbocycles. The van der Waals surface area contributed by atoms with Crippen LogP contribution < -0.4 is 15.6 Å². The maximum absolute atomic E-state index is 13.0. The Morgan fingerprint density at radius 2 is 2.10 bits per heavy atom. The van der Waals surface area contributed by atoms with Gasteiger partial charge in [0, 0.05) is 5.69 Å². The number of thiophene rings is 1. The highest BCUT2D eigenvalue weighted by Crippen LogP contribution is 2.29. The first-order chi connectivity index (χ1) is 14.3. The predicted molar refractivity (Wildman–Crippen MR) is 116 cm³/mol. The van der Waals surface area contributed by atoms with E-state index in [4.69, 9.17) is 21.1 Å². The van der Waals surface area contributed by atoms with Crippen molar-refractivity contribution in [2.45, 2.75) is 26.8 Å². The van der Waals surface area contributed by atoms with Crippen LogP contribution in [-0.2, 0) is 9.53 Å². The van der Waals surface area contributed by atoms with Crippen LogP contribution in [0.15, 0.2) is 29.3 Å². The summed E-state index contributed by atoms with van der Waals surface area (Å²) < 4.78 is 11.4. The third-order valence-electron chi connectivity index (χ3n) is 4.55. The molecule has 0 radical (unpaired) electrons. The third kappa shape index (κ3) is 4.03. The fourth-order valence-electron chi connectivity index (χ4n) is 2.92. The van der Waals surface area contributed by atoms with Crippen LogP contribution >= 0.6 is 22.9 Å². The van der Waals surface area contributed by atoms with E-state index in [0.717, 1.165) is 11.3 Å². The van der Waals surface area contributed by atoms with Gasteiger partial charge >= 0.3 is 5.97 Å². The zero-order valence-electron chi connectivity index (χ0n) is 16.8. The molecule has 1 amide bonds. The Hall–Kier alpha value is -2.91. The summed E-state index contributed by atoms with van der Waals surface area (Å²) >= 11 is 7.19. The quantitative estimate of drug-likeness (QED) is 0.574. The van der Waals surface area contributed by atoms with Gasteiger partial charge in [-0.05, 0) is 44.5 Å². The second-order valence-corrected chi connectivity index (χ2v) is 7.83. The summed E-state index contributed by atoms with van der Waals surface area (Å²) in [6.45, 7) is 5.20. The largest absolute Gasteiger partial charge is 0.495 e. The summed E-state index contributed by atoms with van der Waals surface area (Å²) in [4.78, 5) is 42.9. The lowest BCUT2D eigenvalue weighted by Crippen LogP contribution is -2.31. The van der Waals surface area contributed by atoms with Crippen LogP contribution in [0, 0.1) is 6.92 Å². The summed E-state index contributed by atoms with van der Waals surface area (Å²) in [5.41, 5.74) is 0.561. The Labute approximate surface area is 181 Å². The molecule has 2 heterocycles. The number of nitrogens with one attached hydrogen (secondary N) is 1. The summed E-state index contributed by atoms with van der Waals surface area (Å²) in [7, 11) is 1.50. The number of nitrogens with zero attached hydrogens (tertiary/aromatic N) is 2. The molecule has 0 bridgehead atoms. The van der Waals surface area contributed by atoms with Gasteiger partial charge in [0.05, 0.1) is 30.5 Å².